The first-order chi connectivity index (χ1) is 20.8. The molecule has 44 heavy (non-hydrogen) atoms. The number of rotatable bonds is 7. The van der Waals surface area contributed by atoms with Crippen LogP contribution in [0.5, 0.6) is 0 Å². The molecule has 0 unspecified atom stereocenters. The number of carbonyl (C=O) groups is 1. The SMILES string of the molecule is Cc1cc([C@@H](C)Nc2ccc(Cl)nc2C(=O)NS(C)(=O)=O)c2nc(N3CC[C@H](c4cnc(C)c(C#N)c4)C3)n(C)c(=O)c2c1. The molecule has 0 bridgehead atoms. The van der Waals surface area contributed by atoms with Crippen LogP contribution in [0.2, 0.25) is 5.15 Å². The Labute approximate surface area is 259 Å². The molecule has 1 aliphatic heterocycles. The summed E-state index contributed by atoms with van der Waals surface area (Å²) in [6.07, 6.45) is 3.49. The monoisotopic (exact) mass is 634 g/mol. The highest BCUT2D eigenvalue weighted by molar-refractivity contribution is 7.89. The Morgan fingerprint density at radius 3 is 2.66 bits per heavy atom. The fourth-order valence-electron chi connectivity index (χ4n) is 5.51. The standard InChI is InChI=1S/C30H31ClN8O4S/c1-16-10-22(18(3)34-24-6-7-25(31)35-27(24)28(40)37-44(5,42)43)26-23(11-16)29(41)38(4)30(36-26)39-9-8-19(15-39)21-12-20(13-32)17(2)33-14-21/h6-7,10-12,14,18-19,34H,8-9,15H2,1-5H3,(H,37,40)/t18-,19+/m1/s1. The Morgan fingerprint density at radius 2 is 1.95 bits per heavy atom. The van der Waals surface area contributed by atoms with Gasteiger partial charge in [-0.1, -0.05) is 17.7 Å². The maximum Gasteiger partial charge on any atom is 0.285 e. The maximum absolute atomic E-state index is 13.7. The zero-order valence-corrected chi connectivity index (χ0v) is 26.4. The molecule has 4 heterocycles. The first kappa shape index (κ1) is 30.9. The summed E-state index contributed by atoms with van der Waals surface area (Å²) in [5, 5.41) is 13.2. The molecule has 1 aromatic carbocycles. The molecule has 0 aliphatic carbocycles. The number of fused-ring (bicyclic) bond motifs is 1. The molecule has 1 amide bonds. The number of pyridine rings is 2. The van der Waals surface area contributed by atoms with Crippen molar-refractivity contribution in [2.24, 2.45) is 7.05 Å². The zero-order valence-electron chi connectivity index (χ0n) is 24.8. The molecular weight excluding hydrogens is 604 g/mol. The van der Waals surface area contributed by atoms with Gasteiger partial charge in [0.15, 0.2) is 5.69 Å². The van der Waals surface area contributed by atoms with Crippen molar-refractivity contribution in [1.29, 1.82) is 5.26 Å². The topological polar surface area (TPSA) is 163 Å². The second-order valence-electron chi connectivity index (χ2n) is 11.1. The van der Waals surface area contributed by atoms with Crippen molar-refractivity contribution < 1.29 is 13.2 Å². The van der Waals surface area contributed by atoms with Gasteiger partial charge in [-0.25, -0.2) is 23.1 Å². The first-order valence-corrected chi connectivity index (χ1v) is 16.1. The molecule has 0 radical (unpaired) electrons. The van der Waals surface area contributed by atoms with Crippen molar-refractivity contribution in [1.82, 2.24) is 24.2 Å². The summed E-state index contributed by atoms with van der Waals surface area (Å²) in [5.74, 6) is -0.290. The smallest absolute Gasteiger partial charge is 0.285 e. The number of hydrogen-bond donors (Lipinski definition) is 2. The summed E-state index contributed by atoms with van der Waals surface area (Å²) in [5.41, 5.74) is 4.14. The van der Waals surface area contributed by atoms with Gasteiger partial charge in [-0.15, -0.1) is 0 Å². The van der Waals surface area contributed by atoms with Gasteiger partial charge >= 0.3 is 0 Å². The van der Waals surface area contributed by atoms with Crippen LogP contribution in [0.25, 0.3) is 10.9 Å². The number of nitrogens with one attached hydrogen (secondary N) is 2. The Morgan fingerprint density at radius 1 is 1.20 bits per heavy atom. The number of halogens is 1. The van der Waals surface area contributed by atoms with E-state index in [0.717, 1.165) is 23.8 Å². The number of nitrogens with zero attached hydrogens (tertiary/aromatic N) is 6. The van der Waals surface area contributed by atoms with E-state index >= 15 is 0 Å². The van der Waals surface area contributed by atoms with Crippen LogP contribution < -0.4 is 20.5 Å². The lowest BCUT2D eigenvalue weighted by Gasteiger charge is -2.23. The molecule has 4 aromatic rings. The van der Waals surface area contributed by atoms with E-state index in [1.54, 1.807) is 23.7 Å². The lowest BCUT2D eigenvalue weighted by Crippen LogP contribution is -2.31. The summed E-state index contributed by atoms with van der Waals surface area (Å²) >= 11 is 6.03. The minimum atomic E-state index is -3.85. The van der Waals surface area contributed by atoms with E-state index in [-0.39, 0.29) is 28.0 Å². The van der Waals surface area contributed by atoms with Gasteiger partial charge in [0, 0.05) is 37.8 Å². The molecular formula is C30H31ClN8O4S. The minimum Gasteiger partial charge on any atom is -0.377 e. The highest BCUT2D eigenvalue weighted by Gasteiger charge is 2.29. The van der Waals surface area contributed by atoms with E-state index in [1.165, 1.54) is 6.07 Å². The molecule has 2 N–H and O–H groups in total. The molecule has 14 heteroatoms. The van der Waals surface area contributed by atoms with Crippen LogP contribution in [0, 0.1) is 25.2 Å². The van der Waals surface area contributed by atoms with Gasteiger partial charge in [-0.05, 0) is 62.6 Å². The van der Waals surface area contributed by atoms with Crippen molar-refractivity contribution in [3.63, 3.8) is 0 Å². The van der Waals surface area contributed by atoms with E-state index in [1.807, 2.05) is 43.8 Å². The second kappa shape index (κ2) is 11.9. The van der Waals surface area contributed by atoms with Crippen LogP contribution in [-0.2, 0) is 17.1 Å². The summed E-state index contributed by atoms with van der Waals surface area (Å²) in [7, 11) is -2.14. The lowest BCUT2D eigenvalue weighted by molar-refractivity contribution is 0.0977. The average molecular weight is 635 g/mol. The van der Waals surface area contributed by atoms with Gasteiger partial charge in [-0.3, -0.25) is 19.1 Å². The van der Waals surface area contributed by atoms with Crippen molar-refractivity contribution in [2.75, 3.05) is 29.6 Å². The van der Waals surface area contributed by atoms with Gasteiger partial charge in [0.2, 0.25) is 16.0 Å². The summed E-state index contributed by atoms with van der Waals surface area (Å²) in [6.45, 7) is 6.81. The number of anilines is 2. The predicted octanol–water partition coefficient (Wildman–Crippen LogP) is 3.72. The van der Waals surface area contributed by atoms with Gasteiger partial charge in [0.1, 0.15) is 11.2 Å². The molecule has 0 spiro atoms. The molecule has 12 nitrogen and oxygen atoms in total. The molecule has 1 saturated heterocycles. The second-order valence-corrected chi connectivity index (χ2v) is 13.2. The Bertz CT molecular complexity index is 2020. The van der Waals surface area contributed by atoms with Crippen molar-refractivity contribution in [3.05, 3.63) is 85.7 Å². The third kappa shape index (κ3) is 6.22. The normalized spacial score (nSPS) is 15.7. The lowest BCUT2D eigenvalue weighted by atomic mass is 9.98. The third-order valence-corrected chi connectivity index (χ3v) is 8.46. The van der Waals surface area contributed by atoms with Crippen LogP contribution >= 0.6 is 11.6 Å². The fourth-order valence-corrected chi connectivity index (χ4v) is 6.09. The molecule has 5 rings (SSSR count). The first-order valence-electron chi connectivity index (χ1n) is 13.8. The van der Waals surface area contributed by atoms with Crippen LogP contribution in [0.3, 0.4) is 0 Å². The Balaban J connectivity index is 1.52. The van der Waals surface area contributed by atoms with Crippen LogP contribution in [-0.4, -0.2) is 53.2 Å². The largest absolute Gasteiger partial charge is 0.377 e. The number of amides is 1. The van der Waals surface area contributed by atoms with Gasteiger partial charge in [0.25, 0.3) is 11.5 Å². The quantitative estimate of drug-likeness (QED) is 0.286. The summed E-state index contributed by atoms with van der Waals surface area (Å²) in [6, 6.07) is 10.4. The Hall–Kier alpha value is -4.54. The summed E-state index contributed by atoms with van der Waals surface area (Å²) < 4.78 is 26.9. The third-order valence-electron chi connectivity index (χ3n) is 7.69. The number of carbonyl (C=O) groups excluding carboxylic acids is 1. The average Bonchev–Trinajstić information content (AvgIpc) is 3.45. The molecule has 3 aromatic heterocycles. The molecule has 2 atom stereocenters. The van der Waals surface area contributed by atoms with E-state index < -0.39 is 22.0 Å². The van der Waals surface area contributed by atoms with Crippen LogP contribution in [0.15, 0.2) is 41.3 Å². The number of hydrogen-bond acceptors (Lipinski definition) is 10. The zero-order chi connectivity index (χ0) is 31.9. The van der Waals surface area contributed by atoms with Crippen molar-refractivity contribution in [2.45, 2.75) is 39.2 Å². The predicted molar refractivity (Wildman–Crippen MR) is 169 cm³/mol. The summed E-state index contributed by atoms with van der Waals surface area (Å²) in [4.78, 5) is 41.9. The van der Waals surface area contributed by atoms with E-state index in [4.69, 9.17) is 16.6 Å². The Kier molecular flexibility index (Phi) is 8.33. The van der Waals surface area contributed by atoms with E-state index in [2.05, 4.69) is 26.3 Å². The van der Waals surface area contributed by atoms with E-state index in [0.29, 0.717) is 46.8 Å². The van der Waals surface area contributed by atoms with Crippen LogP contribution in [0.4, 0.5) is 11.6 Å². The van der Waals surface area contributed by atoms with Crippen molar-refractivity contribution >= 4 is 50.1 Å². The van der Waals surface area contributed by atoms with Gasteiger partial charge in [-0.2, -0.15) is 5.26 Å². The number of benzene rings is 1. The number of aromatic nitrogens is 4. The number of nitriles is 1. The highest BCUT2D eigenvalue weighted by Crippen LogP contribution is 2.33. The van der Waals surface area contributed by atoms with Gasteiger partial charge < -0.3 is 10.2 Å². The van der Waals surface area contributed by atoms with Crippen molar-refractivity contribution in [3.8, 4) is 6.07 Å². The fraction of sp³-hybridized carbons (Fsp3) is 0.333. The molecule has 228 valence electrons. The van der Waals surface area contributed by atoms with Crippen LogP contribution in [0.1, 0.15) is 63.7 Å². The molecule has 0 saturated carbocycles. The van der Waals surface area contributed by atoms with E-state index in [9.17, 15) is 23.3 Å². The highest BCUT2D eigenvalue weighted by atomic mass is 35.5. The number of sulfonamides is 1. The maximum atomic E-state index is 13.7. The minimum absolute atomic E-state index is 0.0202. The molecule has 1 aliphatic rings. The molecule has 1 fully saturated rings. The van der Waals surface area contributed by atoms with Gasteiger partial charge in [0.05, 0.1) is 40.1 Å². The number of aryl methyl sites for hydroxylation is 2.